The normalized spacial score (nSPS) is 15.0. The Balaban J connectivity index is 2.75. The van der Waals surface area contributed by atoms with Crippen LogP contribution in [0.15, 0.2) is 30.3 Å². The van der Waals surface area contributed by atoms with Crippen LogP contribution in [0.5, 0.6) is 0 Å². The Morgan fingerprint density at radius 2 is 1.90 bits per heavy atom. The van der Waals surface area contributed by atoms with Crippen LogP contribution in [0.4, 0.5) is 0 Å². The number of aliphatic carboxylic acids is 1. The molecule has 1 aromatic carbocycles. The number of nitrogens with one attached hydrogen (secondary N) is 1. The molecule has 0 saturated carbocycles. The van der Waals surface area contributed by atoms with Crippen molar-refractivity contribution in [2.45, 2.75) is 44.6 Å². The van der Waals surface area contributed by atoms with E-state index in [1.807, 2.05) is 13.0 Å². The number of amides is 1. The Bertz CT molecular complexity index is 474. The van der Waals surface area contributed by atoms with Gasteiger partial charge in [0.05, 0.1) is 5.41 Å². The molecule has 0 saturated heterocycles. The third-order valence-corrected chi connectivity index (χ3v) is 3.60. The summed E-state index contributed by atoms with van der Waals surface area (Å²) in [5.41, 5.74) is -0.641. The highest BCUT2D eigenvalue weighted by Crippen LogP contribution is 2.28. The van der Waals surface area contributed by atoms with E-state index in [0.29, 0.717) is 18.4 Å². The van der Waals surface area contributed by atoms with Crippen molar-refractivity contribution >= 4 is 11.9 Å². The number of carboxylic acids is 1. The SMILES string of the molecule is CC(CCCO)NC(=O)CC(C)(C(=O)O)c1ccccc1. The minimum atomic E-state index is -1.25. The van der Waals surface area contributed by atoms with Gasteiger partial charge in [-0.1, -0.05) is 30.3 Å². The standard InChI is InChI=1S/C16H23NO4/c1-12(7-6-10-18)17-14(19)11-16(2,15(20)21)13-8-4-3-5-9-13/h3-5,8-9,12,18H,6-7,10-11H2,1-2H3,(H,17,19)(H,20,21). The van der Waals surface area contributed by atoms with Gasteiger partial charge in [0.1, 0.15) is 0 Å². The monoisotopic (exact) mass is 293 g/mol. The van der Waals surface area contributed by atoms with Crippen molar-refractivity contribution < 1.29 is 19.8 Å². The first-order valence-corrected chi connectivity index (χ1v) is 7.09. The lowest BCUT2D eigenvalue weighted by atomic mass is 9.79. The molecule has 1 rings (SSSR count). The van der Waals surface area contributed by atoms with Crippen LogP contribution in [0.2, 0.25) is 0 Å². The first-order chi connectivity index (χ1) is 9.90. The Kier molecular flexibility index (Phi) is 6.37. The van der Waals surface area contributed by atoms with Crippen LogP contribution in [-0.2, 0) is 15.0 Å². The van der Waals surface area contributed by atoms with Crippen molar-refractivity contribution in [1.29, 1.82) is 0 Å². The third kappa shape index (κ3) is 4.86. The molecule has 0 spiro atoms. The zero-order valence-corrected chi connectivity index (χ0v) is 12.5. The summed E-state index contributed by atoms with van der Waals surface area (Å²) < 4.78 is 0. The summed E-state index contributed by atoms with van der Waals surface area (Å²) in [5.74, 6) is -1.32. The van der Waals surface area contributed by atoms with E-state index in [1.165, 1.54) is 0 Å². The number of carbonyl (C=O) groups is 2. The quantitative estimate of drug-likeness (QED) is 0.681. The maximum absolute atomic E-state index is 12.1. The molecular formula is C16H23NO4. The molecule has 116 valence electrons. The maximum atomic E-state index is 12.1. The largest absolute Gasteiger partial charge is 0.481 e. The fourth-order valence-electron chi connectivity index (χ4n) is 2.22. The van der Waals surface area contributed by atoms with Gasteiger partial charge in [0, 0.05) is 19.1 Å². The third-order valence-electron chi connectivity index (χ3n) is 3.60. The minimum absolute atomic E-state index is 0.0804. The Labute approximate surface area is 125 Å². The summed E-state index contributed by atoms with van der Waals surface area (Å²) in [4.78, 5) is 23.7. The van der Waals surface area contributed by atoms with Crippen molar-refractivity contribution in [3.8, 4) is 0 Å². The molecule has 1 aromatic rings. The van der Waals surface area contributed by atoms with Gasteiger partial charge >= 0.3 is 5.97 Å². The zero-order chi connectivity index (χ0) is 15.9. The van der Waals surface area contributed by atoms with E-state index in [9.17, 15) is 14.7 Å². The lowest BCUT2D eigenvalue weighted by Crippen LogP contribution is -2.41. The molecule has 0 aliphatic heterocycles. The second-order valence-corrected chi connectivity index (χ2v) is 5.51. The van der Waals surface area contributed by atoms with Gasteiger partial charge in [0.2, 0.25) is 5.91 Å². The first kappa shape index (κ1) is 17.2. The fraction of sp³-hybridized carbons (Fsp3) is 0.500. The van der Waals surface area contributed by atoms with Gasteiger partial charge in [-0.25, -0.2) is 0 Å². The average Bonchev–Trinajstić information content (AvgIpc) is 2.45. The highest BCUT2D eigenvalue weighted by molar-refractivity contribution is 5.89. The summed E-state index contributed by atoms with van der Waals surface area (Å²) in [5, 5.41) is 21.0. The molecule has 0 aromatic heterocycles. The van der Waals surface area contributed by atoms with E-state index in [1.54, 1.807) is 31.2 Å². The summed E-state index contributed by atoms with van der Waals surface area (Å²) in [6.45, 7) is 3.48. The molecule has 0 aliphatic rings. The molecule has 0 radical (unpaired) electrons. The van der Waals surface area contributed by atoms with Crippen molar-refractivity contribution in [3.05, 3.63) is 35.9 Å². The predicted octanol–water partition coefficient (Wildman–Crippen LogP) is 1.70. The Hall–Kier alpha value is -1.88. The molecule has 2 unspecified atom stereocenters. The van der Waals surface area contributed by atoms with Gasteiger partial charge in [0.25, 0.3) is 0 Å². The average molecular weight is 293 g/mol. The van der Waals surface area contributed by atoms with Crippen LogP contribution < -0.4 is 5.32 Å². The highest BCUT2D eigenvalue weighted by atomic mass is 16.4. The summed E-state index contributed by atoms with van der Waals surface area (Å²) in [6.07, 6.45) is 1.16. The minimum Gasteiger partial charge on any atom is -0.481 e. The molecule has 0 fully saturated rings. The summed E-state index contributed by atoms with van der Waals surface area (Å²) in [6, 6.07) is 8.69. The Morgan fingerprint density at radius 1 is 1.29 bits per heavy atom. The van der Waals surface area contributed by atoms with Crippen molar-refractivity contribution in [1.82, 2.24) is 5.32 Å². The molecule has 2 atom stereocenters. The van der Waals surface area contributed by atoms with Gasteiger partial charge in [-0.3, -0.25) is 9.59 Å². The van der Waals surface area contributed by atoms with Crippen LogP contribution in [0.25, 0.3) is 0 Å². The van der Waals surface area contributed by atoms with Crippen LogP contribution in [-0.4, -0.2) is 34.7 Å². The number of aliphatic hydroxyl groups excluding tert-OH is 1. The lowest BCUT2D eigenvalue weighted by Gasteiger charge is -2.25. The topological polar surface area (TPSA) is 86.6 Å². The molecule has 21 heavy (non-hydrogen) atoms. The number of carbonyl (C=O) groups excluding carboxylic acids is 1. The number of rotatable bonds is 8. The van der Waals surface area contributed by atoms with Crippen LogP contribution in [0.1, 0.15) is 38.7 Å². The number of benzene rings is 1. The maximum Gasteiger partial charge on any atom is 0.314 e. The smallest absolute Gasteiger partial charge is 0.314 e. The van der Waals surface area contributed by atoms with Crippen LogP contribution >= 0.6 is 0 Å². The number of aliphatic hydroxyl groups is 1. The molecule has 3 N–H and O–H groups in total. The fourth-order valence-corrected chi connectivity index (χ4v) is 2.22. The van der Waals surface area contributed by atoms with E-state index < -0.39 is 11.4 Å². The predicted molar refractivity (Wildman–Crippen MR) is 80.0 cm³/mol. The van der Waals surface area contributed by atoms with Gasteiger partial charge in [-0.05, 0) is 32.3 Å². The number of hydrogen-bond acceptors (Lipinski definition) is 3. The van der Waals surface area contributed by atoms with Gasteiger partial charge in [-0.15, -0.1) is 0 Å². The number of carboxylic acid groups (broad SMARTS) is 1. The van der Waals surface area contributed by atoms with Crippen LogP contribution in [0.3, 0.4) is 0 Å². The van der Waals surface area contributed by atoms with E-state index in [0.717, 1.165) is 0 Å². The Morgan fingerprint density at radius 3 is 2.43 bits per heavy atom. The second-order valence-electron chi connectivity index (χ2n) is 5.51. The van der Waals surface area contributed by atoms with E-state index in [2.05, 4.69) is 5.32 Å². The molecule has 1 amide bonds. The molecule has 0 bridgehead atoms. The van der Waals surface area contributed by atoms with Crippen LogP contribution in [0, 0.1) is 0 Å². The van der Waals surface area contributed by atoms with Crippen molar-refractivity contribution in [2.75, 3.05) is 6.61 Å². The number of hydrogen-bond donors (Lipinski definition) is 3. The van der Waals surface area contributed by atoms with Gasteiger partial charge < -0.3 is 15.5 Å². The second kappa shape index (κ2) is 7.78. The van der Waals surface area contributed by atoms with E-state index in [4.69, 9.17) is 5.11 Å². The van der Waals surface area contributed by atoms with Gasteiger partial charge in [-0.2, -0.15) is 0 Å². The summed E-state index contributed by atoms with van der Waals surface area (Å²) >= 11 is 0. The first-order valence-electron chi connectivity index (χ1n) is 7.09. The van der Waals surface area contributed by atoms with E-state index in [-0.39, 0.29) is 25.0 Å². The molecule has 0 heterocycles. The van der Waals surface area contributed by atoms with Crippen molar-refractivity contribution in [3.63, 3.8) is 0 Å². The van der Waals surface area contributed by atoms with Gasteiger partial charge in [0.15, 0.2) is 0 Å². The molecule has 5 heteroatoms. The van der Waals surface area contributed by atoms with Crippen molar-refractivity contribution in [2.24, 2.45) is 0 Å². The molecule has 5 nitrogen and oxygen atoms in total. The van der Waals surface area contributed by atoms with E-state index >= 15 is 0 Å². The summed E-state index contributed by atoms with van der Waals surface area (Å²) in [7, 11) is 0. The molecular weight excluding hydrogens is 270 g/mol. The molecule has 0 aliphatic carbocycles. The lowest BCUT2D eigenvalue weighted by molar-refractivity contribution is -0.145. The highest BCUT2D eigenvalue weighted by Gasteiger charge is 2.37. The zero-order valence-electron chi connectivity index (χ0n) is 12.5.